The number of nitrogens with zero attached hydrogens (tertiary/aromatic N) is 2. The fourth-order valence-corrected chi connectivity index (χ4v) is 5.62. The first kappa shape index (κ1) is 26.2. The first-order chi connectivity index (χ1) is 15.5. The van der Waals surface area contributed by atoms with Crippen LogP contribution in [-0.4, -0.2) is 24.6 Å². The van der Waals surface area contributed by atoms with Crippen molar-refractivity contribution in [2.75, 3.05) is 12.4 Å². The third-order valence-corrected chi connectivity index (χ3v) is 7.01. The molecule has 32 heavy (non-hydrogen) atoms. The first-order valence-electron chi connectivity index (χ1n) is 12.8. The van der Waals surface area contributed by atoms with Crippen LogP contribution in [0, 0.1) is 23.7 Å². The molecule has 3 saturated carbocycles. The lowest BCUT2D eigenvalue weighted by atomic mass is 9.71. The zero-order valence-corrected chi connectivity index (χ0v) is 21.5. The summed E-state index contributed by atoms with van der Waals surface area (Å²) >= 11 is 0. The molecule has 0 amide bonds. The zero-order valence-electron chi connectivity index (χ0n) is 21.5. The van der Waals surface area contributed by atoms with Crippen LogP contribution < -0.4 is 10.6 Å². The van der Waals surface area contributed by atoms with Crippen molar-refractivity contribution in [2.45, 2.75) is 86.1 Å². The molecule has 1 aromatic carbocycles. The van der Waals surface area contributed by atoms with E-state index in [0.29, 0.717) is 6.04 Å². The lowest BCUT2D eigenvalue weighted by Gasteiger charge is -2.38. The van der Waals surface area contributed by atoms with E-state index in [1.54, 1.807) is 7.05 Å². The highest BCUT2D eigenvalue weighted by molar-refractivity contribution is 6.06. The van der Waals surface area contributed by atoms with Crippen LogP contribution in [0.15, 0.2) is 46.7 Å². The maximum absolute atomic E-state index is 5.25. The van der Waals surface area contributed by atoms with Gasteiger partial charge in [0.15, 0.2) is 0 Å². The maximum Gasteiger partial charge on any atom is 0.136 e. The monoisotopic (exact) mass is 438 g/mol. The van der Waals surface area contributed by atoms with Crippen LogP contribution in [-0.2, 0) is 0 Å². The van der Waals surface area contributed by atoms with E-state index in [0.717, 1.165) is 46.7 Å². The topological polar surface area (TPSA) is 48.8 Å². The lowest BCUT2D eigenvalue weighted by Crippen LogP contribution is -2.38. The average Bonchev–Trinajstić information content (AvgIpc) is 3.15. The number of benzene rings is 1. The molecule has 5 rings (SSSR count). The van der Waals surface area contributed by atoms with Gasteiger partial charge < -0.3 is 10.6 Å². The summed E-state index contributed by atoms with van der Waals surface area (Å²) in [5.74, 6) is 5.52. The van der Waals surface area contributed by atoms with Gasteiger partial charge >= 0.3 is 0 Å². The highest BCUT2D eigenvalue weighted by Gasteiger charge is 2.46. The lowest BCUT2D eigenvalue weighted by molar-refractivity contribution is 0.166. The molecule has 5 unspecified atom stereocenters. The van der Waals surface area contributed by atoms with Crippen molar-refractivity contribution in [3.8, 4) is 0 Å². The second-order valence-corrected chi connectivity index (χ2v) is 9.17. The van der Waals surface area contributed by atoms with Crippen LogP contribution in [0.1, 0.15) is 85.6 Å². The standard InChI is InChI=1S/C20H25N3.C4H9N.2C2H6/c1-12-21-18-5-3-2-4-16(18)20(22-12)23-19-11-14-7-6-13-8-15(9-14)17(19)10-13;1-4(2)5-3;2*1-2/h2-5,13-15,17,19,21H,1,6-11H2,(H,22,23);1-3H3;2*1-2H3. The molecule has 2 N–H and O–H groups in total. The number of anilines is 1. The maximum atomic E-state index is 5.25. The molecule has 0 aromatic heterocycles. The molecule has 3 aliphatic carbocycles. The molecule has 5 atom stereocenters. The number of rotatable bonds is 1. The van der Waals surface area contributed by atoms with Gasteiger partial charge in [-0.2, -0.15) is 0 Å². The molecule has 0 saturated heterocycles. The summed E-state index contributed by atoms with van der Waals surface area (Å²) in [4.78, 5) is 9.06. The quantitative estimate of drug-likeness (QED) is 0.452. The van der Waals surface area contributed by atoms with Gasteiger partial charge in [-0.05, 0) is 75.3 Å². The van der Waals surface area contributed by atoms with Crippen LogP contribution in [0.4, 0.5) is 5.69 Å². The Morgan fingerprint density at radius 2 is 1.50 bits per heavy atom. The third-order valence-electron chi connectivity index (χ3n) is 7.01. The van der Waals surface area contributed by atoms with Crippen molar-refractivity contribution < 1.29 is 0 Å². The van der Waals surface area contributed by atoms with Crippen molar-refractivity contribution in [2.24, 2.45) is 33.7 Å². The number of hydrogen-bond donors (Lipinski definition) is 2. The minimum absolute atomic E-state index is 0.505. The predicted octanol–water partition coefficient (Wildman–Crippen LogP) is 7.28. The van der Waals surface area contributed by atoms with E-state index in [1.165, 1.54) is 44.1 Å². The molecule has 4 heteroatoms. The molecule has 0 radical (unpaired) electrons. The number of aliphatic imine (C=N–C) groups is 2. The van der Waals surface area contributed by atoms with Gasteiger partial charge in [-0.1, -0.05) is 59.2 Å². The molecule has 1 aliphatic heterocycles. The first-order valence-corrected chi connectivity index (χ1v) is 12.8. The van der Waals surface area contributed by atoms with Crippen LogP contribution in [0.25, 0.3) is 0 Å². The molecule has 1 aromatic rings. The Morgan fingerprint density at radius 1 is 0.906 bits per heavy atom. The van der Waals surface area contributed by atoms with Gasteiger partial charge in [0.05, 0.1) is 11.7 Å². The normalized spacial score (nSPS) is 29.9. The Bertz CT molecular complexity index is 790. The Labute approximate surface area is 197 Å². The van der Waals surface area contributed by atoms with E-state index < -0.39 is 0 Å². The summed E-state index contributed by atoms with van der Waals surface area (Å²) in [6.07, 6.45) is 8.57. The smallest absolute Gasteiger partial charge is 0.136 e. The summed E-state index contributed by atoms with van der Waals surface area (Å²) in [6, 6.07) is 8.92. The molecular weight excluding hydrogens is 392 g/mol. The van der Waals surface area contributed by atoms with Gasteiger partial charge in [-0.25, -0.2) is 0 Å². The number of nitrogens with one attached hydrogen (secondary N) is 2. The van der Waals surface area contributed by atoms with Crippen LogP contribution in [0.2, 0.25) is 0 Å². The average molecular weight is 439 g/mol. The molecule has 1 heterocycles. The van der Waals surface area contributed by atoms with Crippen molar-refractivity contribution in [1.82, 2.24) is 5.32 Å². The van der Waals surface area contributed by atoms with Crippen molar-refractivity contribution in [3.63, 3.8) is 0 Å². The van der Waals surface area contributed by atoms with Gasteiger partial charge in [0.2, 0.25) is 0 Å². The van der Waals surface area contributed by atoms with E-state index in [2.05, 4.69) is 46.5 Å². The highest BCUT2D eigenvalue weighted by Crippen LogP contribution is 2.53. The highest BCUT2D eigenvalue weighted by atomic mass is 15.2. The van der Waals surface area contributed by atoms with Crippen molar-refractivity contribution in [1.29, 1.82) is 0 Å². The summed E-state index contributed by atoms with van der Waals surface area (Å²) in [6.45, 7) is 16.0. The van der Waals surface area contributed by atoms with Crippen LogP contribution in [0.5, 0.6) is 0 Å². The number of hydrogen-bond acceptors (Lipinski definition) is 3. The molecule has 3 bridgehead atoms. The fourth-order valence-electron chi connectivity index (χ4n) is 5.62. The van der Waals surface area contributed by atoms with Gasteiger partial charge in [-0.3, -0.25) is 9.98 Å². The number of fused-ring (bicyclic) bond motifs is 3. The zero-order chi connectivity index (χ0) is 23.7. The SMILES string of the molecule is C=C1NC(=NC2CC3CCC4CC(C3)C2C4)c2ccccc2N1.CC.CC.CN=C(C)C. The predicted molar refractivity (Wildman–Crippen MR) is 142 cm³/mol. The Morgan fingerprint density at radius 3 is 2.12 bits per heavy atom. The summed E-state index contributed by atoms with van der Waals surface area (Å²) in [5.41, 5.74) is 3.44. The van der Waals surface area contributed by atoms with Gasteiger partial charge in [0.1, 0.15) is 11.7 Å². The molecule has 4 nitrogen and oxygen atoms in total. The van der Waals surface area contributed by atoms with E-state index >= 15 is 0 Å². The van der Waals surface area contributed by atoms with E-state index in [-0.39, 0.29) is 0 Å². The largest absolute Gasteiger partial charge is 0.342 e. The summed E-state index contributed by atoms with van der Waals surface area (Å²) in [7, 11) is 1.79. The van der Waals surface area contributed by atoms with Gasteiger partial charge in [-0.15, -0.1) is 0 Å². The molecule has 3 fully saturated rings. The second kappa shape index (κ2) is 12.8. The number of amidine groups is 1. The summed E-state index contributed by atoms with van der Waals surface area (Å²) < 4.78 is 0. The van der Waals surface area contributed by atoms with Crippen molar-refractivity contribution >= 4 is 17.2 Å². The number of para-hydroxylation sites is 1. The molecule has 4 aliphatic rings. The summed E-state index contributed by atoms with van der Waals surface area (Å²) in [5, 5.41) is 6.70. The molecule has 0 spiro atoms. The third kappa shape index (κ3) is 6.46. The second-order valence-electron chi connectivity index (χ2n) is 9.17. The molecule has 178 valence electrons. The van der Waals surface area contributed by atoms with Crippen molar-refractivity contribution in [3.05, 3.63) is 42.2 Å². The Kier molecular flexibility index (Phi) is 10.5. The van der Waals surface area contributed by atoms with Gasteiger partial charge in [0, 0.05) is 18.3 Å². The van der Waals surface area contributed by atoms with Gasteiger partial charge in [0.25, 0.3) is 0 Å². The minimum Gasteiger partial charge on any atom is -0.342 e. The molecular formula is C28H46N4. The van der Waals surface area contributed by atoms with E-state index in [4.69, 9.17) is 4.99 Å². The fraction of sp³-hybridized carbons (Fsp3) is 0.643. The van der Waals surface area contributed by atoms with Crippen LogP contribution >= 0.6 is 0 Å². The van der Waals surface area contributed by atoms with Crippen LogP contribution in [0.3, 0.4) is 0 Å². The van der Waals surface area contributed by atoms with E-state index in [9.17, 15) is 0 Å². The minimum atomic E-state index is 0.505. The Hall–Kier alpha value is -2.10. The van der Waals surface area contributed by atoms with E-state index in [1.807, 2.05) is 41.5 Å². The Balaban J connectivity index is 0.000000354.